The molecule has 0 spiro atoms. The first kappa shape index (κ1) is 16.5. The third-order valence-electron chi connectivity index (χ3n) is 6.11. The third kappa shape index (κ3) is 3.04. The number of allylic oxidation sites excluding steroid dienone is 3. The molecule has 1 fully saturated rings. The largest absolute Gasteiger partial charge is 0.461 e. The number of nitrogens with zero attached hydrogens (tertiary/aromatic N) is 1. The molecule has 4 atom stereocenters. The summed E-state index contributed by atoms with van der Waals surface area (Å²) in [6.07, 6.45) is 11.6. The standard InChI is InChI=1S/C21H26N2O2/c1-14-5-3-7-21(2)10-19-16(9-18(14)21)17(20(24)25-19)13-23-12-15-6-4-8-22-11-15/h4-6,8-9,11,16-17,19,23H,3,7,10,12-13H2,1-2H3. The SMILES string of the molecule is CC1=CCCC2(C)CC3OC(=O)C(CNCc4cccnc4)C3C=C12. The van der Waals surface area contributed by atoms with Gasteiger partial charge in [-0.3, -0.25) is 9.78 Å². The molecule has 4 heteroatoms. The Balaban J connectivity index is 1.49. The number of fused-ring (bicyclic) bond motifs is 2. The number of carbonyl (C=O) groups is 1. The van der Waals surface area contributed by atoms with Gasteiger partial charge in [-0.2, -0.15) is 0 Å². The highest BCUT2D eigenvalue weighted by atomic mass is 16.6. The molecule has 1 aromatic heterocycles. The van der Waals surface area contributed by atoms with Crippen molar-refractivity contribution in [1.29, 1.82) is 0 Å². The van der Waals surface area contributed by atoms with E-state index in [1.807, 2.05) is 18.3 Å². The van der Waals surface area contributed by atoms with Crippen LogP contribution in [0.15, 0.2) is 47.8 Å². The molecule has 4 rings (SSSR count). The zero-order valence-corrected chi connectivity index (χ0v) is 15.0. The average molecular weight is 338 g/mol. The Hall–Kier alpha value is -1.94. The van der Waals surface area contributed by atoms with Crippen molar-refractivity contribution in [2.45, 2.75) is 45.8 Å². The van der Waals surface area contributed by atoms with Crippen LogP contribution in [0.4, 0.5) is 0 Å². The molecule has 1 N–H and O–H groups in total. The summed E-state index contributed by atoms with van der Waals surface area (Å²) in [5.74, 6) is 0.0567. The summed E-state index contributed by atoms with van der Waals surface area (Å²) in [4.78, 5) is 16.6. The highest BCUT2D eigenvalue weighted by Crippen LogP contribution is 2.52. The molecule has 0 bridgehead atoms. The first-order valence-electron chi connectivity index (χ1n) is 9.26. The average Bonchev–Trinajstić information content (AvgIpc) is 2.88. The molecule has 0 amide bonds. The van der Waals surface area contributed by atoms with Crippen LogP contribution in [0.2, 0.25) is 0 Å². The number of hydrogen-bond acceptors (Lipinski definition) is 4. The van der Waals surface area contributed by atoms with Crippen LogP contribution in [0.3, 0.4) is 0 Å². The maximum absolute atomic E-state index is 12.5. The summed E-state index contributed by atoms with van der Waals surface area (Å²) < 4.78 is 5.77. The van der Waals surface area contributed by atoms with E-state index in [1.165, 1.54) is 11.1 Å². The summed E-state index contributed by atoms with van der Waals surface area (Å²) in [6.45, 7) is 5.91. The highest BCUT2D eigenvalue weighted by Gasteiger charge is 2.50. The summed E-state index contributed by atoms with van der Waals surface area (Å²) in [7, 11) is 0. The van der Waals surface area contributed by atoms with Gasteiger partial charge in [0.25, 0.3) is 0 Å². The minimum atomic E-state index is -0.0894. The second kappa shape index (κ2) is 6.41. The van der Waals surface area contributed by atoms with Crippen LogP contribution in [0.5, 0.6) is 0 Å². The number of hydrogen-bond donors (Lipinski definition) is 1. The highest BCUT2D eigenvalue weighted by molar-refractivity contribution is 5.76. The Kier molecular flexibility index (Phi) is 4.24. The van der Waals surface area contributed by atoms with Crippen LogP contribution in [0, 0.1) is 17.3 Å². The predicted octanol–water partition coefficient (Wildman–Crippen LogP) is 3.41. The monoisotopic (exact) mass is 338 g/mol. The fraction of sp³-hybridized carbons (Fsp3) is 0.524. The lowest BCUT2D eigenvalue weighted by Gasteiger charge is -2.42. The maximum Gasteiger partial charge on any atom is 0.311 e. The number of ether oxygens (including phenoxy) is 1. The van der Waals surface area contributed by atoms with E-state index < -0.39 is 0 Å². The van der Waals surface area contributed by atoms with Crippen LogP contribution in [-0.4, -0.2) is 23.6 Å². The fourth-order valence-corrected chi connectivity index (χ4v) is 4.74. The number of carbonyl (C=O) groups excluding carboxylic acids is 1. The topological polar surface area (TPSA) is 51.2 Å². The number of pyridine rings is 1. The number of aromatic nitrogens is 1. The molecule has 4 nitrogen and oxygen atoms in total. The van der Waals surface area contributed by atoms with Gasteiger partial charge in [0, 0.05) is 31.4 Å². The van der Waals surface area contributed by atoms with Gasteiger partial charge in [-0.25, -0.2) is 0 Å². The van der Waals surface area contributed by atoms with Gasteiger partial charge in [-0.1, -0.05) is 30.7 Å². The molecule has 2 heterocycles. The third-order valence-corrected chi connectivity index (χ3v) is 6.11. The Morgan fingerprint density at radius 2 is 2.32 bits per heavy atom. The normalized spacial score (nSPS) is 33.8. The minimum Gasteiger partial charge on any atom is -0.461 e. The van der Waals surface area contributed by atoms with Gasteiger partial charge in [0.1, 0.15) is 6.10 Å². The van der Waals surface area contributed by atoms with Crippen molar-refractivity contribution in [2.24, 2.45) is 17.3 Å². The molecule has 4 unspecified atom stereocenters. The van der Waals surface area contributed by atoms with Crippen molar-refractivity contribution in [3.63, 3.8) is 0 Å². The van der Waals surface area contributed by atoms with Crippen LogP contribution >= 0.6 is 0 Å². The maximum atomic E-state index is 12.5. The second-order valence-corrected chi connectivity index (χ2v) is 7.92. The van der Waals surface area contributed by atoms with Gasteiger partial charge in [0.05, 0.1) is 5.92 Å². The Morgan fingerprint density at radius 3 is 3.12 bits per heavy atom. The van der Waals surface area contributed by atoms with E-state index in [9.17, 15) is 4.79 Å². The van der Waals surface area contributed by atoms with Crippen molar-refractivity contribution in [2.75, 3.05) is 6.54 Å². The van der Waals surface area contributed by atoms with Gasteiger partial charge < -0.3 is 10.1 Å². The molecular weight excluding hydrogens is 312 g/mol. The van der Waals surface area contributed by atoms with E-state index in [1.54, 1.807) is 6.20 Å². The number of esters is 1. The lowest BCUT2D eigenvalue weighted by molar-refractivity contribution is -0.145. The van der Waals surface area contributed by atoms with Gasteiger partial charge >= 0.3 is 5.97 Å². The van der Waals surface area contributed by atoms with Gasteiger partial charge in [-0.05, 0) is 48.8 Å². The summed E-state index contributed by atoms with van der Waals surface area (Å²) in [6, 6.07) is 3.97. The Bertz CT molecular complexity index is 725. The first-order valence-corrected chi connectivity index (χ1v) is 9.26. The molecular formula is C21H26N2O2. The van der Waals surface area contributed by atoms with Gasteiger partial charge in [0.15, 0.2) is 0 Å². The van der Waals surface area contributed by atoms with E-state index in [4.69, 9.17) is 4.74 Å². The summed E-state index contributed by atoms with van der Waals surface area (Å²) in [5.41, 5.74) is 4.12. The molecule has 132 valence electrons. The zero-order chi connectivity index (χ0) is 17.4. The van der Waals surface area contributed by atoms with Crippen LogP contribution in [0.1, 0.15) is 38.7 Å². The van der Waals surface area contributed by atoms with Gasteiger partial charge in [0.2, 0.25) is 0 Å². The smallest absolute Gasteiger partial charge is 0.311 e. The molecule has 0 aromatic carbocycles. The van der Waals surface area contributed by atoms with E-state index in [-0.39, 0.29) is 29.3 Å². The molecule has 0 radical (unpaired) electrons. The Labute approximate surface area is 149 Å². The fourth-order valence-electron chi connectivity index (χ4n) is 4.74. The van der Waals surface area contributed by atoms with E-state index in [0.717, 1.165) is 31.4 Å². The lowest BCUT2D eigenvalue weighted by Crippen LogP contribution is -2.38. The quantitative estimate of drug-likeness (QED) is 0.855. The molecule has 1 aromatic rings. The molecule has 3 aliphatic rings. The number of rotatable bonds is 4. The second-order valence-electron chi connectivity index (χ2n) is 7.92. The van der Waals surface area contributed by atoms with Crippen molar-refractivity contribution in [1.82, 2.24) is 10.3 Å². The van der Waals surface area contributed by atoms with Gasteiger partial charge in [-0.15, -0.1) is 0 Å². The molecule has 1 saturated heterocycles. The van der Waals surface area contributed by atoms with E-state index in [0.29, 0.717) is 6.54 Å². The van der Waals surface area contributed by atoms with E-state index >= 15 is 0 Å². The lowest BCUT2D eigenvalue weighted by atomic mass is 9.62. The molecule has 1 aliphatic heterocycles. The molecule has 2 aliphatic carbocycles. The minimum absolute atomic E-state index is 0.0392. The molecule has 0 saturated carbocycles. The van der Waals surface area contributed by atoms with Crippen molar-refractivity contribution < 1.29 is 9.53 Å². The van der Waals surface area contributed by atoms with Crippen LogP contribution in [-0.2, 0) is 16.1 Å². The van der Waals surface area contributed by atoms with Crippen molar-refractivity contribution >= 4 is 5.97 Å². The van der Waals surface area contributed by atoms with Crippen molar-refractivity contribution in [3.05, 3.63) is 53.4 Å². The molecule has 25 heavy (non-hydrogen) atoms. The van der Waals surface area contributed by atoms with Crippen LogP contribution < -0.4 is 5.32 Å². The predicted molar refractivity (Wildman–Crippen MR) is 96.6 cm³/mol. The summed E-state index contributed by atoms with van der Waals surface area (Å²) >= 11 is 0. The zero-order valence-electron chi connectivity index (χ0n) is 15.0. The van der Waals surface area contributed by atoms with E-state index in [2.05, 4.69) is 36.3 Å². The summed E-state index contributed by atoms with van der Waals surface area (Å²) in [5, 5.41) is 3.42. The van der Waals surface area contributed by atoms with Crippen LogP contribution in [0.25, 0.3) is 0 Å². The Morgan fingerprint density at radius 1 is 1.44 bits per heavy atom. The first-order chi connectivity index (χ1) is 12.1. The number of nitrogens with one attached hydrogen (secondary N) is 1. The van der Waals surface area contributed by atoms with Crippen molar-refractivity contribution in [3.8, 4) is 0 Å².